The topological polar surface area (TPSA) is 41.6 Å². The molecule has 0 spiro atoms. The van der Waals surface area contributed by atoms with E-state index in [4.69, 9.17) is 4.74 Å². The Bertz CT molecular complexity index is 437. The van der Waals surface area contributed by atoms with Crippen LogP contribution in [-0.4, -0.2) is 44.2 Å². The predicted molar refractivity (Wildman–Crippen MR) is 84.3 cm³/mol. The largest absolute Gasteiger partial charge is 0.465 e. The summed E-state index contributed by atoms with van der Waals surface area (Å²) < 4.78 is 4.70. The molecule has 1 aromatic carbocycles. The van der Waals surface area contributed by atoms with Gasteiger partial charge in [0.05, 0.1) is 12.7 Å². The lowest BCUT2D eigenvalue weighted by Crippen LogP contribution is -2.36. The number of hydrogen-bond acceptors (Lipinski definition) is 4. The Morgan fingerprint density at radius 3 is 2.52 bits per heavy atom. The maximum Gasteiger partial charge on any atom is 0.337 e. The van der Waals surface area contributed by atoms with Crippen LogP contribution in [0.4, 0.5) is 0 Å². The van der Waals surface area contributed by atoms with Crippen molar-refractivity contribution in [1.29, 1.82) is 0 Å². The second-order valence-corrected chi connectivity index (χ2v) is 5.70. The van der Waals surface area contributed by atoms with Gasteiger partial charge >= 0.3 is 5.97 Å². The molecular formula is C17H26N2O2. The van der Waals surface area contributed by atoms with Gasteiger partial charge in [-0.3, -0.25) is 0 Å². The highest BCUT2D eigenvalue weighted by molar-refractivity contribution is 5.89. The fourth-order valence-corrected chi connectivity index (χ4v) is 2.80. The van der Waals surface area contributed by atoms with Crippen molar-refractivity contribution < 1.29 is 9.53 Å². The first-order chi connectivity index (χ1) is 10.2. The minimum Gasteiger partial charge on any atom is -0.465 e. The average Bonchev–Trinajstić information content (AvgIpc) is 2.55. The third kappa shape index (κ3) is 4.83. The molecule has 2 rings (SSSR count). The minimum absolute atomic E-state index is 0.280. The standard InChI is InChI=1S/C17H26N2O2/c1-3-19-10-8-15(9-11-19)13-18-12-14-4-6-16(7-5-14)17(20)21-2/h4-7,15,18H,3,8-13H2,1-2H3. The first kappa shape index (κ1) is 16.0. The molecule has 21 heavy (non-hydrogen) atoms. The monoisotopic (exact) mass is 290 g/mol. The molecule has 0 unspecified atom stereocenters. The molecule has 0 amide bonds. The van der Waals surface area contributed by atoms with E-state index in [9.17, 15) is 4.79 Å². The molecule has 1 aliphatic rings. The van der Waals surface area contributed by atoms with Gasteiger partial charge in [-0.2, -0.15) is 0 Å². The maximum absolute atomic E-state index is 11.4. The molecule has 1 saturated heterocycles. The first-order valence-corrected chi connectivity index (χ1v) is 7.83. The van der Waals surface area contributed by atoms with Crippen LogP contribution in [0.3, 0.4) is 0 Å². The predicted octanol–water partition coefficient (Wildman–Crippen LogP) is 2.29. The quantitative estimate of drug-likeness (QED) is 0.816. The van der Waals surface area contributed by atoms with Crippen LogP contribution >= 0.6 is 0 Å². The third-order valence-electron chi connectivity index (χ3n) is 4.29. The van der Waals surface area contributed by atoms with Crippen LogP contribution in [0.1, 0.15) is 35.7 Å². The zero-order valence-corrected chi connectivity index (χ0v) is 13.1. The van der Waals surface area contributed by atoms with Crippen molar-refractivity contribution in [2.75, 3.05) is 33.3 Å². The Kier molecular flexibility index (Phi) is 6.21. The van der Waals surface area contributed by atoms with Crippen LogP contribution in [-0.2, 0) is 11.3 Å². The van der Waals surface area contributed by atoms with Gasteiger partial charge in [-0.15, -0.1) is 0 Å². The Balaban J connectivity index is 1.70. The Morgan fingerprint density at radius 1 is 1.29 bits per heavy atom. The third-order valence-corrected chi connectivity index (χ3v) is 4.29. The van der Waals surface area contributed by atoms with E-state index >= 15 is 0 Å². The van der Waals surface area contributed by atoms with E-state index in [2.05, 4.69) is 17.1 Å². The van der Waals surface area contributed by atoms with Crippen molar-refractivity contribution in [1.82, 2.24) is 10.2 Å². The highest BCUT2D eigenvalue weighted by atomic mass is 16.5. The smallest absolute Gasteiger partial charge is 0.337 e. The minimum atomic E-state index is -0.280. The molecule has 4 heteroatoms. The van der Waals surface area contributed by atoms with Gasteiger partial charge in [0.1, 0.15) is 0 Å². The molecule has 0 aliphatic carbocycles. The van der Waals surface area contributed by atoms with Gasteiger partial charge in [-0.05, 0) is 62.6 Å². The first-order valence-electron chi connectivity index (χ1n) is 7.83. The van der Waals surface area contributed by atoms with E-state index < -0.39 is 0 Å². The molecule has 1 heterocycles. The number of methoxy groups -OCH3 is 1. The summed E-state index contributed by atoms with van der Waals surface area (Å²) in [5, 5.41) is 3.53. The Morgan fingerprint density at radius 2 is 1.95 bits per heavy atom. The number of nitrogens with one attached hydrogen (secondary N) is 1. The van der Waals surface area contributed by atoms with E-state index in [1.807, 2.05) is 24.3 Å². The van der Waals surface area contributed by atoms with Gasteiger partial charge < -0.3 is 15.0 Å². The van der Waals surface area contributed by atoms with Crippen LogP contribution < -0.4 is 5.32 Å². The molecule has 0 bridgehead atoms. The van der Waals surface area contributed by atoms with Crippen LogP contribution in [0.5, 0.6) is 0 Å². The van der Waals surface area contributed by atoms with Crippen LogP contribution in [0.2, 0.25) is 0 Å². The number of hydrogen-bond donors (Lipinski definition) is 1. The van der Waals surface area contributed by atoms with Gasteiger partial charge in [0.25, 0.3) is 0 Å². The Labute approximate surface area is 127 Å². The fourth-order valence-electron chi connectivity index (χ4n) is 2.80. The summed E-state index contributed by atoms with van der Waals surface area (Å²) in [6.45, 7) is 7.81. The second-order valence-electron chi connectivity index (χ2n) is 5.70. The fraction of sp³-hybridized carbons (Fsp3) is 0.588. The highest BCUT2D eigenvalue weighted by Crippen LogP contribution is 2.16. The SMILES string of the molecule is CCN1CCC(CNCc2ccc(C(=O)OC)cc2)CC1. The zero-order chi connectivity index (χ0) is 15.1. The number of likely N-dealkylation sites (tertiary alicyclic amines) is 1. The van der Waals surface area contributed by atoms with Crippen molar-refractivity contribution in [3.63, 3.8) is 0 Å². The number of benzene rings is 1. The highest BCUT2D eigenvalue weighted by Gasteiger charge is 2.17. The molecule has 116 valence electrons. The van der Waals surface area contributed by atoms with Crippen LogP contribution in [0, 0.1) is 5.92 Å². The average molecular weight is 290 g/mol. The molecule has 4 nitrogen and oxygen atoms in total. The summed E-state index contributed by atoms with van der Waals surface area (Å²) in [5.41, 5.74) is 1.81. The molecule has 1 aliphatic heterocycles. The van der Waals surface area contributed by atoms with Crippen molar-refractivity contribution in [3.8, 4) is 0 Å². The lowest BCUT2D eigenvalue weighted by Gasteiger charge is -2.31. The summed E-state index contributed by atoms with van der Waals surface area (Å²) in [6, 6.07) is 7.61. The van der Waals surface area contributed by atoms with Crippen LogP contribution in [0.25, 0.3) is 0 Å². The van der Waals surface area contributed by atoms with Crippen molar-refractivity contribution in [2.45, 2.75) is 26.3 Å². The normalized spacial score (nSPS) is 16.9. The lowest BCUT2D eigenvalue weighted by molar-refractivity contribution is 0.0600. The van der Waals surface area contributed by atoms with E-state index in [-0.39, 0.29) is 5.97 Å². The molecule has 0 atom stereocenters. The van der Waals surface area contributed by atoms with Gasteiger partial charge in [0.2, 0.25) is 0 Å². The number of piperidine rings is 1. The number of carbonyl (C=O) groups is 1. The number of rotatable bonds is 6. The summed E-state index contributed by atoms with van der Waals surface area (Å²) in [5.74, 6) is 0.513. The Hall–Kier alpha value is -1.39. The molecule has 0 radical (unpaired) electrons. The lowest BCUT2D eigenvalue weighted by atomic mass is 9.97. The van der Waals surface area contributed by atoms with E-state index in [1.54, 1.807) is 0 Å². The number of esters is 1. The second kappa shape index (κ2) is 8.15. The molecule has 1 fully saturated rings. The van der Waals surface area contributed by atoms with Crippen molar-refractivity contribution >= 4 is 5.97 Å². The number of ether oxygens (including phenoxy) is 1. The van der Waals surface area contributed by atoms with Gasteiger partial charge in [-0.1, -0.05) is 19.1 Å². The number of nitrogens with zero attached hydrogens (tertiary/aromatic N) is 1. The number of carbonyl (C=O) groups excluding carboxylic acids is 1. The van der Waals surface area contributed by atoms with E-state index in [1.165, 1.54) is 45.1 Å². The molecular weight excluding hydrogens is 264 g/mol. The summed E-state index contributed by atoms with van der Waals surface area (Å²) in [4.78, 5) is 13.9. The van der Waals surface area contributed by atoms with Gasteiger partial charge in [0, 0.05) is 6.54 Å². The summed E-state index contributed by atoms with van der Waals surface area (Å²) in [7, 11) is 1.40. The van der Waals surface area contributed by atoms with Gasteiger partial charge in [-0.25, -0.2) is 4.79 Å². The molecule has 0 saturated carbocycles. The summed E-state index contributed by atoms with van der Waals surface area (Å²) >= 11 is 0. The van der Waals surface area contributed by atoms with E-state index in [0.717, 1.165) is 19.0 Å². The molecule has 0 aromatic heterocycles. The van der Waals surface area contributed by atoms with E-state index in [0.29, 0.717) is 5.56 Å². The van der Waals surface area contributed by atoms with Crippen LogP contribution in [0.15, 0.2) is 24.3 Å². The van der Waals surface area contributed by atoms with Gasteiger partial charge in [0.15, 0.2) is 0 Å². The molecule has 1 aromatic rings. The zero-order valence-electron chi connectivity index (χ0n) is 13.1. The molecule has 1 N–H and O–H groups in total. The summed E-state index contributed by atoms with van der Waals surface area (Å²) in [6.07, 6.45) is 2.59. The maximum atomic E-state index is 11.4. The van der Waals surface area contributed by atoms with Crippen molar-refractivity contribution in [3.05, 3.63) is 35.4 Å². The van der Waals surface area contributed by atoms with Crippen molar-refractivity contribution in [2.24, 2.45) is 5.92 Å².